The zero-order valence-electron chi connectivity index (χ0n) is 10.9. The van der Waals surface area contributed by atoms with Crippen molar-refractivity contribution in [1.29, 1.82) is 0 Å². The normalized spacial score (nSPS) is 12.8. The summed E-state index contributed by atoms with van der Waals surface area (Å²) in [6, 6.07) is 10.2. The molecule has 102 valence electrons. The summed E-state index contributed by atoms with van der Waals surface area (Å²) >= 11 is 7.83. The summed E-state index contributed by atoms with van der Waals surface area (Å²) in [5.74, 6) is -0.231. The molecule has 0 saturated carbocycles. The van der Waals surface area contributed by atoms with Crippen LogP contribution in [0.4, 0.5) is 4.39 Å². The molecule has 2 N–H and O–H groups in total. The lowest BCUT2D eigenvalue weighted by Gasteiger charge is -2.14. The molecule has 1 unspecified atom stereocenters. The summed E-state index contributed by atoms with van der Waals surface area (Å²) in [5.41, 5.74) is 8.27. The van der Waals surface area contributed by atoms with Gasteiger partial charge in [0.15, 0.2) is 0 Å². The van der Waals surface area contributed by atoms with Crippen LogP contribution in [-0.4, -0.2) is 0 Å². The molecule has 0 amide bonds. The van der Waals surface area contributed by atoms with Crippen molar-refractivity contribution in [3.8, 4) is 0 Å². The van der Waals surface area contributed by atoms with Gasteiger partial charge in [-0.1, -0.05) is 41.9 Å². The van der Waals surface area contributed by atoms with Gasteiger partial charge in [-0.15, -0.1) is 11.3 Å². The summed E-state index contributed by atoms with van der Waals surface area (Å²) in [6.45, 7) is 1.96. The Bertz CT molecular complexity index is 781. The highest BCUT2D eigenvalue weighted by Gasteiger charge is 2.18. The third-order valence-corrected chi connectivity index (χ3v) is 5.24. The van der Waals surface area contributed by atoms with E-state index in [1.807, 2.05) is 30.5 Å². The Hall–Kier alpha value is -1.42. The van der Waals surface area contributed by atoms with Gasteiger partial charge in [0.25, 0.3) is 0 Å². The van der Waals surface area contributed by atoms with Crippen LogP contribution < -0.4 is 5.73 Å². The van der Waals surface area contributed by atoms with Crippen molar-refractivity contribution in [3.63, 3.8) is 0 Å². The smallest absolute Gasteiger partial charge is 0.131 e. The molecule has 1 nitrogen and oxygen atoms in total. The molecular weight excluding hydrogens is 293 g/mol. The standard InChI is InChI=1S/C16H13ClFNS/c1-9-8-20-16(14(9)17)15(19)12-6-7-13(18)11-5-3-2-4-10(11)12/h2-8,15H,19H2,1H3. The molecule has 0 bridgehead atoms. The number of aryl methyl sites for hydroxylation is 1. The molecule has 1 aromatic heterocycles. The molecule has 0 aliphatic rings. The third kappa shape index (κ3) is 2.12. The first-order valence-electron chi connectivity index (χ1n) is 6.26. The number of fused-ring (bicyclic) bond motifs is 1. The molecule has 3 aromatic rings. The highest BCUT2D eigenvalue weighted by atomic mass is 35.5. The lowest BCUT2D eigenvalue weighted by molar-refractivity contribution is 0.639. The van der Waals surface area contributed by atoms with E-state index in [1.54, 1.807) is 23.5 Å². The Morgan fingerprint density at radius 1 is 1.15 bits per heavy atom. The summed E-state index contributed by atoms with van der Waals surface area (Å²) in [4.78, 5) is 0.918. The second kappa shape index (κ2) is 5.17. The predicted molar refractivity (Wildman–Crippen MR) is 84.0 cm³/mol. The summed E-state index contributed by atoms with van der Waals surface area (Å²) in [5, 5.41) is 4.12. The second-order valence-corrected chi connectivity index (χ2v) is 6.05. The SMILES string of the molecule is Cc1csc(C(N)c2ccc(F)c3ccccc23)c1Cl. The van der Waals surface area contributed by atoms with Gasteiger partial charge in [0.2, 0.25) is 0 Å². The zero-order valence-corrected chi connectivity index (χ0v) is 12.4. The first-order chi connectivity index (χ1) is 9.59. The Morgan fingerprint density at radius 3 is 2.50 bits per heavy atom. The number of nitrogens with two attached hydrogens (primary N) is 1. The molecule has 1 heterocycles. The van der Waals surface area contributed by atoms with Gasteiger partial charge in [-0.05, 0) is 34.9 Å². The fourth-order valence-corrected chi connectivity index (χ4v) is 3.69. The van der Waals surface area contributed by atoms with E-state index >= 15 is 0 Å². The van der Waals surface area contributed by atoms with Gasteiger partial charge in [0, 0.05) is 10.3 Å². The fourth-order valence-electron chi connectivity index (χ4n) is 2.36. The molecule has 20 heavy (non-hydrogen) atoms. The maximum absolute atomic E-state index is 13.9. The maximum Gasteiger partial charge on any atom is 0.131 e. The lowest BCUT2D eigenvalue weighted by atomic mass is 9.97. The van der Waals surface area contributed by atoms with E-state index in [9.17, 15) is 4.39 Å². The van der Waals surface area contributed by atoms with Crippen LogP contribution in [0.5, 0.6) is 0 Å². The molecule has 3 rings (SSSR count). The van der Waals surface area contributed by atoms with Crippen molar-refractivity contribution in [3.05, 3.63) is 68.6 Å². The van der Waals surface area contributed by atoms with Gasteiger partial charge in [-0.3, -0.25) is 0 Å². The molecule has 0 fully saturated rings. The minimum atomic E-state index is -0.341. The molecule has 2 aromatic carbocycles. The molecular formula is C16H13ClFNS. The van der Waals surface area contributed by atoms with Crippen LogP contribution in [0.3, 0.4) is 0 Å². The van der Waals surface area contributed by atoms with Crippen LogP contribution >= 0.6 is 22.9 Å². The molecule has 0 aliphatic carbocycles. The fraction of sp³-hybridized carbons (Fsp3) is 0.125. The quantitative estimate of drug-likeness (QED) is 0.704. The van der Waals surface area contributed by atoms with E-state index in [1.165, 1.54) is 6.07 Å². The zero-order chi connectivity index (χ0) is 14.3. The lowest BCUT2D eigenvalue weighted by Crippen LogP contribution is -2.11. The molecule has 1 atom stereocenters. The largest absolute Gasteiger partial charge is 0.320 e. The number of hydrogen-bond acceptors (Lipinski definition) is 2. The third-order valence-electron chi connectivity index (χ3n) is 3.45. The number of rotatable bonds is 2. The van der Waals surface area contributed by atoms with Crippen molar-refractivity contribution in [2.75, 3.05) is 0 Å². The van der Waals surface area contributed by atoms with Crippen molar-refractivity contribution in [1.82, 2.24) is 0 Å². The summed E-state index contributed by atoms with van der Waals surface area (Å²) < 4.78 is 13.9. The van der Waals surface area contributed by atoms with E-state index in [-0.39, 0.29) is 11.9 Å². The summed E-state index contributed by atoms with van der Waals surface area (Å²) in [7, 11) is 0. The number of halogens is 2. The van der Waals surface area contributed by atoms with Gasteiger partial charge in [0.1, 0.15) is 5.82 Å². The van der Waals surface area contributed by atoms with Crippen LogP contribution in [0.2, 0.25) is 5.02 Å². The number of benzene rings is 2. The highest BCUT2D eigenvalue weighted by Crippen LogP contribution is 2.37. The van der Waals surface area contributed by atoms with Crippen molar-refractivity contribution in [2.24, 2.45) is 5.73 Å². The van der Waals surface area contributed by atoms with E-state index < -0.39 is 0 Å². The Kier molecular flexibility index (Phi) is 3.50. The van der Waals surface area contributed by atoms with Crippen molar-refractivity contribution in [2.45, 2.75) is 13.0 Å². The van der Waals surface area contributed by atoms with Crippen LogP contribution in [-0.2, 0) is 0 Å². The van der Waals surface area contributed by atoms with Crippen molar-refractivity contribution < 1.29 is 4.39 Å². The van der Waals surface area contributed by atoms with Gasteiger partial charge in [-0.25, -0.2) is 4.39 Å². The van der Waals surface area contributed by atoms with Crippen LogP contribution in [0.15, 0.2) is 41.8 Å². The maximum atomic E-state index is 13.9. The average Bonchev–Trinajstić information content (AvgIpc) is 2.79. The highest BCUT2D eigenvalue weighted by molar-refractivity contribution is 7.10. The number of thiophene rings is 1. The average molecular weight is 306 g/mol. The number of hydrogen-bond donors (Lipinski definition) is 1. The van der Waals surface area contributed by atoms with Crippen LogP contribution in [0.1, 0.15) is 22.0 Å². The van der Waals surface area contributed by atoms with E-state index in [0.717, 1.165) is 21.4 Å². The molecule has 4 heteroatoms. The Labute approximate surface area is 125 Å². The predicted octanol–water partition coefficient (Wildman–Crippen LogP) is 5.05. The van der Waals surface area contributed by atoms with E-state index in [0.29, 0.717) is 10.4 Å². The second-order valence-electron chi connectivity index (χ2n) is 4.76. The first-order valence-corrected chi connectivity index (χ1v) is 7.51. The topological polar surface area (TPSA) is 26.0 Å². The van der Waals surface area contributed by atoms with Crippen molar-refractivity contribution >= 4 is 33.7 Å². The minimum Gasteiger partial charge on any atom is -0.320 e. The first kappa shape index (κ1) is 13.6. The van der Waals surface area contributed by atoms with Crippen LogP contribution in [0, 0.1) is 12.7 Å². The molecule has 0 spiro atoms. The summed E-state index contributed by atoms with van der Waals surface area (Å²) in [6.07, 6.45) is 0. The molecule has 0 saturated heterocycles. The van der Waals surface area contributed by atoms with Gasteiger partial charge in [0.05, 0.1) is 11.1 Å². The minimum absolute atomic E-state index is 0.231. The van der Waals surface area contributed by atoms with Gasteiger partial charge < -0.3 is 5.73 Å². The van der Waals surface area contributed by atoms with Gasteiger partial charge in [-0.2, -0.15) is 0 Å². The van der Waals surface area contributed by atoms with Crippen LogP contribution in [0.25, 0.3) is 10.8 Å². The monoisotopic (exact) mass is 305 g/mol. The Morgan fingerprint density at radius 2 is 1.85 bits per heavy atom. The van der Waals surface area contributed by atoms with Gasteiger partial charge >= 0.3 is 0 Å². The van der Waals surface area contributed by atoms with E-state index in [2.05, 4.69) is 0 Å². The molecule has 0 radical (unpaired) electrons. The molecule has 0 aliphatic heterocycles. The van der Waals surface area contributed by atoms with E-state index in [4.69, 9.17) is 17.3 Å². The Balaban J connectivity index is 2.20.